The molecular weight excluding hydrogens is 1350 g/mol. The summed E-state index contributed by atoms with van der Waals surface area (Å²) in [4.78, 5) is 0. The van der Waals surface area contributed by atoms with Gasteiger partial charge in [0.15, 0.2) is 0 Å². The number of hydrogen-bond donors (Lipinski definition) is 0. The lowest BCUT2D eigenvalue weighted by Crippen LogP contribution is -1.97. The van der Waals surface area contributed by atoms with Crippen molar-refractivity contribution < 1.29 is 0 Å². The molecule has 0 unspecified atom stereocenters. The number of nitrogens with zero attached hydrogens (tertiary/aromatic N) is 6. The molecule has 1 aliphatic rings. The van der Waals surface area contributed by atoms with Crippen molar-refractivity contribution in [3.05, 3.63) is 295 Å². The number of benzene rings is 13. The fraction of sp³-hybridized carbons (Fsp3) is 0.0119. The van der Waals surface area contributed by atoms with Gasteiger partial charge in [-0.15, -0.1) is 0 Å². The Labute approximate surface area is 551 Å². The highest BCUT2D eigenvalue weighted by Gasteiger charge is 2.23. The van der Waals surface area contributed by atoms with E-state index in [9.17, 15) is 0 Å². The topological polar surface area (TPSA) is 29.6 Å². The third kappa shape index (κ3) is 7.62. The van der Waals surface area contributed by atoms with Crippen LogP contribution in [0.15, 0.2) is 289 Å². The van der Waals surface area contributed by atoms with Gasteiger partial charge in [0, 0.05) is 93.1 Å². The average molecular weight is 1400 g/mol. The van der Waals surface area contributed by atoms with E-state index < -0.39 is 0 Å². The van der Waals surface area contributed by atoms with Crippen LogP contribution in [0.5, 0.6) is 0 Å². The van der Waals surface area contributed by atoms with Crippen molar-refractivity contribution in [3.8, 4) is 45.0 Å². The first-order valence-corrected chi connectivity index (χ1v) is 34.7. The number of para-hydroxylation sites is 5. The Morgan fingerprint density at radius 2 is 0.598 bits per heavy atom. The van der Waals surface area contributed by atoms with E-state index in [0.717, 1.165) is 22.7 Å². The highest BCUT2D eigenvalue weighted by Crippen LogP contribution is 2.44. The minimum atomic E-state index is -0.0762. The first-order chi connectivity index (χ1) is 45.5. The van der Waals surface area contributed by atoms with Crippen molar-refractivity contribution >= 4 is 184 Å². The molecule has 0 saturated heterocycles. The lowest BCUT2D eigenvalue weighted by molar-refractivity contribution is 1.16. The van der Waals surface area contributed by atoms with Gasteiger partial charge in [0.2, 0.25) is 0 Å². The zero-order valence-corrected chi connectivity index (χ0v) is 54.0. The Morgan fingerprint density at radius 1 is 0.261 bits per heavy atom. The number of hydrogen-bond acceptors (Lipinski definition) is 0. The second-order valence-corrected chi connectivity index (χ2v) is 27.7. The number of fused-ring (bicyclic) bond motifs is 18. The molecular formula is C84H52I2N6. The van der Waals surface area contributed by atoms with E-state index in [-0.39, 0.29) is 20.7 Å². The lowest BCUT2D eigenvalue weighted by Gasteiger charge is -2.12. The highest BCUT2D eigenvalue weighted by atomic mass is 127. The van der Waals surface area contributed by atoms with E-state index in [1.165, 1.54) is 164 Å². The van der Waals surface area contributed by atoms with Crippen molar-refractivity contribution in [2.45, 2.75) is 6.92 Å². The maximum absolute atomic E-state index is 2.47. The summed E-state index contributed by atoms with van der Waals surface area (Å²) in [6.07, 6.45) is 4.63. The molecule has 0 fully saturated rings. The summed E-state index contributed by atoms with van der Waals surface area (Å²) in [5, 5.41) is 14.9. The lowest BCUT2D eigenvalue weighted by atomic mass is 10.0. The fourth-order valence-electron chi connectivity index (χ4n) is 15.5. The van der Waals surface area contributed by atoms with Crippen molar-refractivity contribution in [2.24, 2.45) is 0 Å². The molecule has 7 heterocycles. The number of halogens is 2. The summed E-state index contributed by atoms with van der Waals surface area (Å²) in [5.74, 6) is 0. The van der Waals surface area contributed by atoms with E-state index in [1.807, 2.05) is 0 Å². The molecule has 8 heteroatoms. The molecule has 432 valence electrons. The van der Waals surface area contributed by atoms with E-state index in [1.54, 1.807) is 0 Å². The molecule has 0 amide bonds. The quantitative estimate of drug-likeness (QED) is 0.142. The van der Waals surface area contributed by atoms with Crippen LogP contribution in [0, 0.1) is 6.92 Å². The SMILES string of the molecule is Cc1cccc(-n2c3ccc(-n4c5ccccc5c5cc(-c6ccc7c(c6)c6cc(-n8c9ccccc9c9ccccc98)ccc6n7C6=CC=IC=C6)ccc54)cc3c3ccc(-c4ccc5c(c4)c4ccccc4n5-c4ccc5c(c4)c4ccccc4n5I)cc32)c1. The molecule has 0 radical (unpaired) electrons. The van der Waals surface area contributed by atoms with Gasteiger partial charge in [0.25, 0.3) is 0 Å². The Hall–Kier alpha value is -10.5. The zero-order chi connectivity index (χ0) is 60.4. The van der Waals surface area contributed by atoms with E-state index in [0.29, 0.717) is 0 Å². The minimum Gasteiger partial charge on any atom is -0.309 e. The molecule has 0 spiro atoms. The smallest absolute Gasteiger partial charge is 0.0646 e. The number of aryl methyl sites for hydroxylation is 1. The summed E-state index contributed by atoms with van der Waals surface area (Å²) >= 11 is 2.36. The van der Waals surface area contributed by atoms with Gasteiger partial charge >= 0.3 is 0 Å². The molecule has 20 rings (SSSR count). The van der Waals surface area contributed by atoms with Crippen molar-refractivity contribution in [3.63, 3.8) is 0 Å². The standard InChI is InChI=1S/C84H52I2N6/c1-51-13-12-14-57(43-51)91-80-36-29-58(48-70(80)66-32-25-55(47-84(66)91)54-28-34-78-68(45-54)64-18-5-10-23-76(64)90(78)60-31-38-83-71(49-60)65-19-6-11-24-82(65)92(83)85)89-75-22-9-4-17-63(75)67-44-52(26-33-77(67)89)53-27-35-79-69(46-53)72-50-59(30-37-81(72)87(79)56-39-41-86-42-40-56)88-73-20-7-2-15-61(73)62-16-3-8-21-74(62)88/h2-50H,1H3. The summed E-state index contributed by atoms with van der Waals surface area (Å²) in [6.45, 7) is 2.19. The first kappa shape index (κ1) is 52.3. The Kier molecular flexibility index (Phi) is 11.4. The second kappa shape index (κ2) is 20.0. The molecule has 6 nitrogen and oxygen atoms in total. The summed E-state index contributed by atoms with van der Waals surface area (Å²) in [6, 6.07) is 102. The first-order valence-electron chi connectivity index (χ1n) is 31.3. The molecule has 1 aliphatic heterocycles. The maximum Gasteiger partial charge on any atom is 0.0646 e. The third-order valence-electron chi connectivity index (χ3n) is 19.6. The van der Waals surface area contributed by atoms with Crippen LogP contribution in [-0.2, 0) is 0 Å². The van der Waals surface area contributed by atoms with Crippen LogP contribution in [0.3, 0.4) is 0 Å². The molecule has 0 aliphatic carbocycles. The van der Waals surface area contributed by atoms with Crippen molar-refractivity contribution in [1.29, 1.82) is 0 Å². The van der Waals surface area contributed by atoms with Gasteiger partial charge in [-0.25, -0.2) is 0 Å². The summed E-state index contributed by atoms with van der Waals surface area (Å²) in [5.41, 5.74) is 26.1. The van der Waals surface area contributed by atoms with Crippen LogP contribution in [0.1, 0.15) is 5.56 Å². The van der Waals surface area contributed by atoms with Gasteiger partial charge in [0.1, 0.15) is 0 Å². The van der Waals surface area contributed by atoms with Crippen LogP contribution < -0.4 is 0 Å². The largest absolute Gasteiger partial charge is 0.309 e. The predicted molar refractivity (Wildman–Crippen MR) is 408 cm³/mol. The van der Waals surface area contributed by atoms with E-state index in [2.05, 4.69) is 349 Å². The zero-order valence-electron chi connectivity index (χ0n) is 49.7. The van der Waals surface area contributed by atoms with Crippen LogP contribution in [-0.4, -0.2) is 29.6 Å². The molecule has 19 aromatic rings. The molecule has 0 saturated carbocycles. The van der Waals surface area contributed by atoms with Crippen LogP contribution in [0.25, 0.3) is 182 Å². The van der Waals surface area contributed by atoms with Gasteiger partial charge in [0.05, 0.1) is 89.1 Å². The van der Waals surface area contributed by atoms with Crippen molar-refractivity contribution in [2.75, 3.05) is 0 Å². The van der Waals surface area contributed by atoms with Gasteiger partial charge in [-0.1, -0.05) is 154 Å². The molecule has 0 bridgehead atoms. The molecule has 0 N–H and O–H groups in total. The third-order valence-corrected chi connectivity index (χ3v) is 22.2. The van der Waals surface area contributed by atoms with Crippen molar-refractivity contribution in [1.82, 2.24) is 25.6 Å². The van der Waals surface area contributed by atoms with E-state index >= 15 is 0 Å². The summed E-state index contributed by atoms with van der Waals surface area (Å²) in [7, 11) is 0. The normalized spacial score (nSPS) is 13.0. The predicted octanol–water partition coefficient (Wildman–Crippen LogP) is 23.3. The second-order valence-electron chi connectivity index (χ2n) is 24.6. The Balaban J connectivity index is 0.720. The monoisotopic (exact) mass is 1400 g/mol. The van der Waals surface area contributed by atoms with Gasteiger partial charge in [-0.05, 0) is 195 Å². The number of allylic oxidation sites excluding steroid dienone is 3. The van der Waals surface area contributed by atoms with Gasteiger partial charge < -0.3 is 22.8 Å². The number of aromatic nitrogens is 6. The summed E-state index contributed by atoms with van der Waals surface area (Å²) < 4.78 is 19.3. The average Bonchev–Trinajstić information content (AvgIpc) is 1.65. The Morgan fingerprint density at radius 3 is 1.10 bits per heavy atom. The molecule has 92 heavy (non-hydrogen) atoms. The molecule has 0 atom stereocenters. The van der Waals surface area contributed by atoms with E-state index in [4.69, 9.17) is 0 Å². The highest BCUT2D eigenvalue weighted by molar-refractivity contribution is 14.2. The molecule has 6 aromatic heterocycles. The van der Waals surface area contributed by atoms with Gasteiger partial charge in [-0.2, -0.15) is 0 Å². The van der Waals surface area contributed by atoms with Crippen LogP contribution in [0.2, 0.25) is 0 Å². The maximum atomic E-state index is 2.47. The fourth-order valence-corrected chi connectivity index (χ4v) is 17.8. The molecule has 13 aromatic carbocycles. The van der Waals surface area contributed by atoms with Crippen LogP contribution >= 0.6 is 43.6 Å². The number of rotatable bonds is 7. The minimum absolute atomic E-state index is 0.0762. The van der Waals surface area contributed by atoms with Crippen LogP contribution in [0.4, 0.5) is 0 Å². The Bertz CT molecular complexity index is 6490. The van der Waals surface area contributed by atoms with Gasteiger partial charge in [-0.3, -0.25) is 2.78 Å².